The van der Waals surface area contributed by atoms with Gasteiger partial charge < -0.3 is 14.2 Å². The molecule has 0 spiro atoms. The number of halogens is 1. The number of hydrazone groups is 1. The number of methoxy groups -OCH3 is 1. The lowest BCUT2D eigenvalue weighted by atomic mass is 10.2. The molecule has 0 aliphatic carbocycles. The number of amides is 1. The third kappa shape index (κ3) is 6.03. The molecule has 0 aliphatic rings. The van der Waals surface area contributed by atoms with Gasteiger partial charge in [-0.15, -0.1) is 6.42 Å². The van der Waals surface area contributed by atoms with Crippen LogP contribution in [0.2, 0.25) is 0 Å². The zero-order valence-electron chi connectivity index (χ0n) is 15.7. The highest BCUT2D eigenvalue weighted by Gasteiger charge is 2.11. The minimum absolute atomic E-state index is 0.126. The highest BCUT2D eigenvalue weighted by Crippen LogP contribution is 2.36. The number of benzene rings is 2. The number of ether oxygens (including phenoxy) is 3. The van der Waals surface area contributed by atoms with Crippen LogP contribution in [0.15, 0.2) is 46.0 Å². The molecule has 0 fully saturated rings. The van der Waals surface area contributed by atoms with E-state index >= 15 is 0 Å². The van der Waals surface area contributed by atoms with Gasteiger partial charge in [0.2, 0.25) is 0 Å². The number of nitrogens with one attached hydrogen (secondary N) is 1. The molecule has 2 aromatic rings. The van der Waals surface area contributed by atoms with Gasteiger partial charge in [-0.2, -0.15) is 5.10 Å². The Hall–Kier alpha value is -2.98. The first kappa shape index (κ1) is 21.3. The van der Waals surface area contributed by atoms with Crippen molar-refractivity contribution in [1.82, 2.24) is 5.43 Å². The highest BCUT2D eigenvalue weighted by molar-refractivity contribution is 9.10. The van der Waals surface area contributed by atoms with E-state index < -0.39 is 0 Å². The zero-order valence-corrected chi connectivity index (χ0v) is 17.3. The first-order chi connectivity index (χ1) is 13.6. The van der Waals surface area contributed by atoms with Crippen LogP contribution < -0.4 is 19.6 Å². The molecule has 1 N–H and O–H groups in total. The summed E-state index contributed by atoms with van der Waals surface area (Å²) in [5, 5.41) is 3.99. The first-order valence-electron chi connectivity index (χ1n) is 8.59. The van der Waals surface area contributed by atoms with Gasteiger partial charge in [-0.1, -0.05) is 12.8 Å². The molecule has 1 amide bonds. The van der Waals surface area contributed by atoms with E-state index in [0.717, 1.165) is 12.2 Å². The lowest BCUT2D eigenvalue weighted by molar-refractivity contribution is 0.0955. The number of rotatable bonds is 9. The molecule has 2 aromatic carbocycles. The predicted octanol–water partition coefficient (Wildman–Crippen LogP) is 4.02. The fourth-order valence-corrected chi connectivity index (χ4v) is 2.79. The van der Waals surface area contributed by atoms with Gasteiger partial charge in [0.15, 0.2) is 11.5 Å². The number of terminal acetylenes is 1. The maximum atomic E-state index is 12.2. The molecule has 0 saturated heterocycles. The van der Waals surface area contributed by atoms with Crippen LogP contribution in [0.4, 0.5) is 0 Å². The van der Waals surface area contributed by atoms with Crippen molar-refractivity contribution in [2.75, 3.05) is 20.3 Å². The topological polar surface area (TPSA) is 69.2 Å². The molecule has 0 atom stereocenters. The minimum atomic E-state index is -0.321. The molecular weight excluding hydrogens is 424 g/mol. The van der Waals surface area contributed by atoms with Gasteiger partial charge in [-0.25, -0.2) is 5.43 Å². The molecular formula is C21H21BrN2O4. The molecule has 6 nitrogen and oxygen atoms in total. The molecule has 0 radical (unpaired) electrons. The normalized spacial score (nSPS) is 10.4. The summed E-state index contributed by atoms with van der Waals surface area (Å²) >= 11 is 3.42. The van der Waals surface area contributed by atoms with Crippen LogP contribution in [0.1, 0.15) is 29.3 Å². The van der Waals surface area contributed by atoms with Crippen LogP contribution in [0.25, 0.3) is 0 Å². The van der Waals surface area contributed by atoms with E-state index in [4.69, 9.17) is 20.6 Å². The monoisotopic (exact) mass is 444 g/mol. The van der Waals surface area contributed by atoms with E-state index in [1.807, 2.05) is 6.92 Å². The van der Waals surface area contributed by atoms with Crippen LogP contribution in [0, 0.1) is 12.3 Å². The maximum Gasteiger partial charge on any atom is 0.271 e. The third-order valence-electron chi connectivity index (χ3n) is 3.52. The van der Waals surface area contributed by atoms with Crippen LogP contribution in [0.5, 0.6) is 17.2 Å². The summed E-state index contributed by atoms with van der Waals surface area (Å²) in [4.78, 5) is 12.2. The lowest BCUT2D eigenvalue weighted by Crippen LogP contribution is -2.17. The molecule has 0 saturated carbocycles. The second-order valence-corrected chi connectivity index (χ2v) is 6.45. The van der Waals surface area contributed by atoms with Crippen molar-refractivity contribution in [1.29, 1.82) is 0 Å². The van der Waals surface area contributed by atoms with E-state index in [2.05, 4.69) is 32.4 Å². The number of hydrogen-bond acceptors (Lipinski definition) is 5. The zero-order chi connectivity index (χ0) is 20.4. The Kier molecular flexibility index (Phi) is 8.37. The Morgan fingerprint density at radius 1 is 1.29 bits per heavy atom. The summed E-state index contributed by atoms with van der Waals surface area (Å²) in [5.74, 6) is 3.82. The van der Waals surface area contributed by atoms with Crippen LogP contribution in [0.3, 0.4) is 0 Å². The number of carbonyl (C=O) groups excluding carboxylic acids is 1. The van der Waals surface area contributed by atoms with Gasteiger partial charge in [0.1, 0.15) is 12.4 Å². The smallest absolute Gasteiger partial charge is 0.271 e. The summed E-state index contributed by atoms with van der Waals surface area (Å²) in [5.41, 5.74) is 3.68. The van der Waals surface area contributed by atoms with Crippen molar-refractivity contribution in [3.63, 3.8) is 0 Å². The first-order valence-corrected chi connectivity index (χ1v) is 9.38. The van der Waals surface area contributed by atoms with Gasteiger partial charge in [-0.3, -0.25) is 4.79 Å². The summed E-state index contributed by atoms with van der Waals surface area (Å²) in [6, 6.07) is 10.4. The van der Waals surface area contributed by atoms with E-state index in [1.54, 1.807) is 36.4 Å². The van der Waals surface area contributed by atoms with Crippen molar-refractivity contribution in [2.45, 2.75) is 13.3 Å². The van der Waals surface area contributed by atoms with Crippen molar-refractivity contribution in [3.8, 4) is 29.6 Å². The Bertz CT molecular complexity index is 873. The van der Waals surface area contributed by atoms with Crippen LogP contribution in [-0.4, -0.2) is 32.4 Å². The molecule has 0 heterocycles. The fraction of sp³-hybridized carbons (Fsp3) is 0.238. The standard InChI is InChI=1S/C21H21BrN2O4/c1-4-10-27-17-8-6-16(7-9-17)21(25)24-23-14-15-12-18(22)20(28-11-5-2)19(13-15)26-3/h2,6-9,12-14H,4,10-11H2,1,3H3,(H,24,25)/b23-14-. The lowest BCUT2D eigenvalue weighted by Gasteiger charge is -2.11. The Morgan fingerprint density at radius 3 is 2.68 bits per heavy atom. The minimum Gasteiger partial charge on any atom is -0.494 e. The van der Waals surface area contributed by atoms with E-state index in [0.29, 0.717) is 33.7 Å². The maximum absolute atomic E-state index is 12.2. The Labute approximate surface area is 173 Å². The summed E-state index contributed by atoms with van der Waals surface area (Å²) < 4.78 is 16.9. The van der Waals surface area contributed by atoms with Gasteiger partial charge in [0.25, 0.3) is 5.91 Å². The molecule has 28 heavy (non-hydrogen) atoms. The quantitative estimate of drug-likeness (QED) is 0.360. The molecule has 0 bridgehead atoms. The molecule has 2 rings (SSSR count). The van der Waals surface area contributed by atoms with E-state index in [-0.39, 0.29) is 12.5 Å². The van der Waals surface area contributed by atoms with Gasteiger partial charge in [0, 0.05) is 5.56 Å². The average Bonchev–Trinajstić information content (AvgIpc) is 2.71. The van der Waals surface area contributed by atoms with Gasteiger partial charge in [0.05, 0.1) is 24.4 Å². The Morgan fingerprint density at radius 2 is 2.04 bits per heavy atom. The summed E-state index contributed by atoms with van der Waals surface area (Å²) in [6.07, 6.45) is 7.65. The summed E-state index contributed by atoms with van der Waals surface area (Å²) in [7, 11) is 1.53. The van der Waals surface area contributed by atoms with Gasteiger partial charge >= 0.3 is 0 Å². The molecule has 0 aliphatic heterocycles. The molecule has 0 aromatic heterocycles. The van der Waals surface area contributed by atoms with Crippen molar-refractivity contribution in [3.05, 3.63) is 52.0 Å². The van der Waals surface area contributed by atoms with Crippen LogP contribution >= 0.6 is 15.9 Å². The second kappa shape index (κ2) is 11.0. The van der Waals surface area contributed by atoms with Crippen LogP contribution in [-0.2, 0) is 0 Å². The largest absolute Gasteiger partial charge is 0.494 e. The summed E-state index contributed by atoms with van der Waals surface area (Å²) in [6.45, 7) is 2.80. The fourth-order valence-electron chi connectivity index (χ4n) is 2.22. The van der Waals surface area contributed by atoms with Crippen molar-refractivity contribution >= 4 is 28.1 Å². The predicted molar refractivity (Wildman–Crippen MR) is 112 cm³/mol. The second-order valence-electron chi connectivity index (χ2n) is 5.60. The number of carbonyl (C=O) groups is 1. The number of hydrogen-bond donors (Lipinski definition) is 1. The van der Waals surface area contributed by atoms with Gasteiger partial charge in [-0.05, 0) is 64.3 Å². The van der Waals surface area contributed by atoms with Crippen molar-refractivity contribution < 1.29 is 19.0 Å². The molecule has 7 heteroatoms. The number of nitrogens with zero attached hydrogens (tertiary/aromatic N) is 1. The Balaban J connectivity index is 2.02. The van der Waals surface area contributed by atoms with E-state index in [9.17, 15) is 4.79 Å². The van der Waals surface area contributed by atoms with Crippen molar-refractivity contribution in [2.24, 2.45) is 5.10 Å². The third-order valence-corrected chi connectivity index (χ3v) is 4.11. The average molecular weight is 445 g/mol. The molecule has 146 valence electrons. The van der Waals surface area contributed by atoms with E-state index in [1.165, 1.54) is 13.3 Å². The highest BCUT2D eigenvalue weighted by atomic mass is 79.9. The molecule has 0 unspecified atom stereocenters. The SMILES string of the molecule is C#CCOc1c(Br)cc(/C=N\NC(=O)c2ccc(OCCC)cc2)cc1OC.